The molecule has 1 aliphatic carbocycles. The van der Waals surface area contributed by atoms with Crippen molar-refractivity contribution in [3.8, 4) is 0 Å². The molecule has 1 saturated carbocycles. The molecule has 0 bridgehead atoms. The van der Waals surface area contributed by atoms with E-state index >= 15 is 0 Å². The summed E-state index contributed by atoms with van der Waals surface area (Å²) in [6.45, 7) is 0. The standard InChI is InChI=1S/C16H19FN2O2/c17-11-6-8-13(9-7-11)19-15(20)10-14(16(19)21)18-12-4-2-1-3-5-12/h6-9,12,14,18H,1-5,10H2/t14-/m1/s1. The number of amides is 2. The number of halogens is 1. The fourth-order valence-electron chi connectivity index (χ4n) is 3.18. The van der Waals surface area contributed by atoms with Gasteiger partial charge >= 0.3 is 0 Å². The van der Waals surface area contributed by atoms with E-state index in [9.17, 15) is 14.0 Å². The van der Waals surface area contributed by atoms with Crippen LogP contribution in [-0.2, 0) is 9.59 Å². The molecule has 2 aliphatic rings. The number of anilines is 1. The first kappa shape index (κ1) is 14.2. The molecule has 2 amide bonds. The Kier molecular flexibility index (Phi) is 4.01. The number of rotatable bonds is 3. The number of imide groups is 1. The van der Waals surface area contributed by atoms with E-state index in [4.69, 9.17) is 0 Å². The molecule has 0 radical (unpaired) electrons. The van der Waals surface area contributed by atoms with Crippen LogP contribution in [0.3, 0.4) is 0 Å². The van der Waals surface area contributed by atoms with Gasteiger partial charge in [0.05, 0.1) is 18.2 Å². The van der Waals surface area contributed by atoms with Gasteiger partial charge in [-0.3, -0.25) is 9.59 Å². The van der Waals surface area contributed by atoms with Crippen molar-refractivity contribution in [2.24, 2.45) is 0 Å². The zero-order valence-electron chi connectivity index (χ0n) is 11.8. The second kappa shape index (κ2) is 5.93. The van der Waals surface area contributed by atoms with E-state index in [1.807, 2.05) is 0 Å². The van der Waals surface area contributed by atoms with Crippen molar-refractivity contribution in [2.45, 2.75) is 50.6 Å². The highest BCUT2D eigenvalue weighted by atomic mass is 19.1. The molecule has 112 valence electrons. The highest BCUT2D eigenvalue weighted by Crippen LogP contribution is 2.25. The Labute approximate surface area is 123 Å². The minimum absolute atomic E-state index is 0.187. The molecule has 1 aliphatic heterocycles. The lowest BCUT2D eigenvalue weighted by molar-refractivity contribution is -0.121. The summed E-state index contributed by atoms with van der Waals surface area (Å²) in [6, 6.07) is 5.34. The Balaban J connectivity index is 1.71. The van der Waals surface area contributed by atoms with Gasteiger partial charge in [-0.05, 0) is 37.1 Å². The fourth-order valence-corrected chi connectivity index (χ4v) is 3.18. The van der Waals surface area contributed by atoms with E-state index in [1.165, 1.54) is 48.4 Å². The third-order valence-electron chi connectivity index (χ3n) is 4.27. The molecule has 0 unspecified atom stereocenters. The lowest BCUT2D eigenvalue weighted by Crippen LogP contribution is -2.44. The van der Waals surface area contributed by atoms with Crippen LogP contribution >= 0.6 is 0 Å². The SMILES string of the molecule is O=C1C[C@@H](NC2CCCCC2)C(=O)N1c1ccc(F)cc1. The smallest absolute Gasteiger partial charge is 0.251 e. The van der Waals surface area contributed by atoms with E-state index in [1.54, 1.807) is 0 Å². The average Bonchev–Trinajstić information content (AvgIpc) is 2.76. The molecular formula is C16H19FN2O2. The molecule has 1 heterocycles. The van der Waals surface area contributed by atoms with Crippen LogP contribution in [0.1, 0.15) is 38.5 Å². The number of hydrogen-bond donors (Lipinski definition) is 1. The first-order valence-electron chi connectivity index (χ1n) is 7.53. The molecule has 0 spiro atoms. The first-order valence-corrected chi connectivity index (χ1v) is 7.53. The zero-order chi connectivity index (χ0) is 14.8. The highest BCUT2D eigenvalue weighted by Gasteiger charge is 2.40. The minimum atomic E-state index is -0.439. The van der Waals surface area contributed by atoms with Crippen LogP contribution in [0.2, 0.25) is 0 Å². The molecule has 5 heteroatoms. The van der Waals surface area contributed by atoms with Crippen LogP contribution in [0.5, 0.6) is 0 Å². The van der Waals surface area contributed by atoms with Crippen molar-refractivity contribution in [2.75, 3.05) is 4.90 Å². The molecule has 1 aromatic carbocycles. The Morgan fingerprint density at radius 3 is 2.38 bits per heavy atom. The second-order valence-corrected chi connectivity index (χ2v) is 5.80. The van der Waals surface area contributed by atoms with E-state index in [0.29, 0.717) is 11.7 Å². The molecule has 21 heavy (non-hydrogen) atoms. The zero-order valence-corrected chi connectivity index (χ0v) is 11.8. The molecule has 3 rings (SSSR count). The maximum Gasteiger partial charge on any atom is 0.251 e. The van der Waals surface area contributed by atoms with E-state index < -0.39 is 6.04 Å². The molecule has 1 atom stereocenters. The molecule has 1 aromatic rings. The first-order chi connectivity index (χ1) is 10.1. The van der Waals surface area contributed by atoms with Gasteiger partial charge in [-0.25, -0.2) is 9.29 Å². The van der Waals surface area contributed by atoms with Gasteiger partial charge in [-0.1, -0.05) is 19.3 Å². The average molecular weight is 290 g/mol. The van der Waals surface area contributed by atoms with Crippen LogP contribution in [0.15, 0.2) is 24.3 Å². The summed E-state index contributed by atoms with van der Waals surface area (Å²) in [6.07, 6.45) is 5.91. The van der Waals surface area contributed by atoms with Gasteiger partial charge in [0.2, 0.25) is 5.91 Å². The Bertz CT molecular complexity index is 538. The topological polar surface area (TPSA) is 49.4 Å². The van der Waals surface area contributed by atoms with Crippen LogP contribution < -0.4 is 10.2 Å². The summed E-state index contributed by atoms with van der Waals surface area (Å²) in [5.41, 5.74) is 0.444. The van der Waals surface area contributed by atoms with E-state index in [2.05, 4.69) is 5.32 Å². The van der Waals surface area contributed by atoms with Crippen molar-refractivity contribution in [3.05, 3.63) is 30.1 Å². The van der Waals surface area contributed by atoms with Crippen LogP contribution in [0, 0.1) is 5.82 Å². The van der Waals surface area contributed by atoms with Crippen LogP contribution in [0.25, 0.3) is 0 Å². The Hall–Kier alpha value is -1.75. The Morgan fingerprint density at radius 2 is 1.71 bits per heavy atom. The largest absolute Gasteiger partial charge is 0.303 e. The van der Waals surface area contributed by atoms with Gasteiger partial charge < -0.3 is 5.32 Å². The van der Waals surface area contributed by atoms with E-state index in [-0.39, 0.29) is 24.1 Å². The molecule has 1 saturated heterocycles. The molecular weight excluding hydrogens is 271 g/mol. The molecule has 1 N–H and O–H groups in total. The van der Waals surface area contributed by atoms with Gasteiger partial charge in [0.1, 0.15) is 5.82 Å². The molecule has 0 aromatic heterocycles. The van der Waals surface area contributed by atoms with Crippen LogP contribution in [0.4, 0.5) is 10.1 Å². The summed E-state index contributed by atoms with van der Waals surface area (Å²) in [4.78, 5) is 25.7. The fraction of sp³-hybridized carbons (Fsp3) is 0.500. The number of benzene rings is 1. The van der Waals surface area contributed by atoms with Crippen molar-refractivity contribution in [1.29, 1.82) is 0 Å². The second-order valence-electron chi connectivity index (χ2n) is 5.80. The van der Waals surface area contributed by atoms with Gasteiger partial charge in [0.15, 0.2) is 0 Å². The highest BCUT2D eigenvalue weighted by molar-refractivity contribution is 6.22. The quantitative estimate of drug-likeness (QED) is 0.870. The maximum absolute atomic E-state index is 13.0. The normalized spacial score (nSPS) is 23.9. The number of carbonyl (C=O) groups excluding carboxylic acids is 2. The summed E-state index contributed by atoms with van der Waals surface area (Å²) >= 11 is 0. The van der Waals surface area contributed by atoms with Gasteiger partial charge in [0.25, 0.3) is 5.91 Å². The third kappa shape index (κ3) is 2.97. The third-order valence-corrected chi connectivity index (χ3v) is 4.27. The van der Waals surface area contributed by atoms with E-state index in [0.717, 1.165) is 12.8 Å². The summed E-state index contributed by atoms with van der Waals surface area (Å²) in [7, 11) is 0. The summed E-state index contributed by atoms with van der Waals surface area (Å²) in [5.74, 6) is -0.827. The predicted molar refractivity (Wildman–Crippen MR) is 77.3 cm³/mol. The predicted octanol–water partition coefficient (Wildman–Crippen LogP) is 2.38. The summed E-state index contributed by atoms with van der Waals surface area (Å²) < 4.78 is 13.0. The molecule has 2 fully saturated rings. The number of hydrogen-bond acceptors (Lipinski definition) is 3. The lowest BCUT2D eigenvalue weighted by atomic mass is 9.95. The molecule has 4 nitrogen and oxygen atoms in total. The number of carbonyl (C=O) groups is 2. The Morgan fingerprint density at radius 1 is 1.05 bits per heavy atom. The van der Waals surface area contributed by atoms with Crippen molar-refractivity contribution in [1.82, 2.24) is 5.32 Å². The van der Waals surface area contributed by atoms with Crippen molar-refractivity contribution in [3.63, 3.8) is 0 Å². The van der Waals surface area contributed by atoms with Crippen molar-refractivity contribution >= 4 is 17.5 Å². The lowest BCUT2D eigenvalue weighted by Gasteiger charge is -2.25. The van der Waals surface area contributed by atoms with Gasteiger partial charge in [-0.2, -0.15) is 0 Å². The summed E-state index contributed by atoms with van der Waals surface area (Å²) in [5, 5.41) is 3.32. The van der Waals surface area contributed by atoms with Gasteiger partial charge in [0, 0.05) is 6.04 Å². The minimum Gasteiger partial charge on any atom is -0.303 e. The monoisotopic (exact) mass is 290 g/mol. The number of nitrogens with zero attached hydrogens (tertiary/aromatic N) is 1. The number of nitrogens with one attached hydrogen (secondary N) is 1. The van der Waals surface area contributed by atoms with Crippen LogP contribution in [-0.4, -0.2) is 23.9 Å². The van der Waals surface area contributed by atoms with Crippen molar-refractivity contribution < 1.29 is 14.0 Å². The van der Waals surface area contributed by atoms with Gasteiger partial charge in [-0.15, -0.1) is 0 Å². The maximum atomic E-state index is 13.0.